The zero-order valence-electron chi connectivity index (χ0n) is 6.68. The Morgan fingerprint density at radius 1 is 1.36 bits per heavy atom. The molecule has 2 fully saturated rings. The minimum atomic E-state index is -0.663. The molecule has 1 spiro atoms. The van der Waals surface area contributed by atoms with Crippen LogP contribution in [0.4, 0.5) is 0 Å². The molecule has 2 saturated carbocycles. The summed E-state index contributed by atoms with van der Waals surface area (Å²) in [6.07, 6.45) is 4.10. The van der Waals surface area contributed by atoms with Gasteiger partial charge in [-0.05, 0) is 38.1 Å². The van der Waals surface area contributed by atoms with Gasteiger partial charge in [-0.15, -0.1) is 0 Å². The van der Waals surface area contributed by atoms with Crippen LogP contribution in [0.2, 0.25) is 0 Å². The molecule has 0 aliphatic heterocycles. The lowest BCUT2D eigenvalue weighted by atomic mass is 9.63. The van der Waals surface area contributed by atoms with E-state index in [4.69, 9.17) is 5.11 Å². The van der Waals surface area contributed by atoms with Crippen molar-refractivity contribution >= 4 is 5.97 Å². The molecule has 11 heavy (non-hydrogen) atoms. The van der Waals surface area contributed by atoms with E-state index in [-0.39, 0.29) is 5.41 Å². The molecule has 0 radical (unpaired) electrons. The molecule has 2 N–H and O–H groups in total. The van der Waals surface area contributed by atoms with Gasteiger partial charge in [0.15, 0.2) is 0 Å². The fourth-order valence-electron chi connectivity index (χ4n) is 2.39. The molecule has 3 heteroatoms. The Balaban J connectivity index is 2.24. The predicted molar refractivity (Wildman–Crippen MR) is 40.3 cm³/mol. The molecule has 0 aromatic heterocycles. The third kappa shape index (κ3) is 0.601. The molecule has 1 atom stereocenters. The van der Waals surface area contributed by atoms with Crippen LogP contribution < -0.4 is 5.32 Å². The molecule has 62 valence electrons. The van der Waals surface area contributed by atoms with Crippen LogP contribution in [-0.4, -0.2) is 23.7 Å². The SMILES string of the molecule is CNC1(C(=O)O)CCC12CC2. The van der Waals surface area contributed by atoms with E-state index in [2.05, 4.69) is 5.32 Å². The maximum atomic E-state index is 10.9. The minimum absolute atomic E-state index is 0.146. The van der Waals surface area contributed by atoms with Gasteiger partial charge in [0.2, 0.25) is 0 Å². The second kappa shape index (κ2) is 1.78. The number of hydrogen-bond donors (Lipinski definition) is 2. The number of nitrogens with one attached hydrogen (secondary N) is 1. The van der Waals surface area contributed by atoms with Crippen molar-refractivity contribution < 1.29 is 9.90 Å². The highest BCUT2D eigenvalue weighted by atomic mass is 16.4. The molecule has 0 aromatic rings. The third-order valence-corrected chi connectivity index (χ3v) is 3.53. The van der Waals surface area contributed by atoms with E-state index in [9.17, 15) is 4.79 Å². The first-order valence-corrected chi connectivity index (χ1v) is 4.09. The fourth-order valence-corrected chi connectivity index (χ4v) is 2.39. The van der Waals surface area contributed by atoms with Gasteiger partial charge in [0.25, 0.3) is 0 Å². The highest BCUT2D eigenvalue weighted by molar-refractivity contribution is 5.82. The molecule has 0 heterocycles. The van der Waals surface area contributed by atoms with Crippen molar-refractivity contribution in [1.82, 2.24) is 5.32 Å². The van der Waals surface area contributed by atoms with Gasteiger partial charge in [-0.1, -0.05) is 0 Å². The first-order valence-electron chi connectivity index (χ1n) is 4.09. The summed E-state index contributed by atoms with van der Waals surface area (Å²) in [5.74, 6) is -0.663. The molecule has 1 unspecified atom stereocenters. The average molecular weight is 155 g/mol. The first kappa shape index (κ1) is 7.10. The fraction of sp³-hybridized carbons (Fsp3) is 0.875. The van der Waals surface area contributed by atoms with E-state index in [1.807, 2.05) is 0 Å². The minimum Gasteiger partial charge on any atom is -0.480 e. The van der Waals surface area contributed by atoms with Gasteiger partial charge in [-0.2, -0.15) is 0 Å². The number of aliphatic carboxylic acids is 1. The van der Waals surface area contributed by atoms with Gasteiger partial charge >= 0.3 is 5.97 Å². The summed E-state index contributed by atoms with van der Waals surface area (Å²) in [5.41, 5.74) is -0.416. The van der Waals surface area contributed by atoms with E-state index < -0.39 is 11.5 Å². The van der Waals surface area contributed by atoms with Crippen molar-refractivity contribution in [1.29, 1.82) is 0 Å². The van der Waals surface area contributed by atoms with Gasteiger partial charge in [-0.25, -0.2) is 0 Å². The summed E-state index contributed by atoms with van der Waals surface area (Å²) in [7, 11) is 1.76. The highest BCUT2D eigenvalue weighted by Crippen LogP contribution is 2.66. The molecule has 0 amide bonds. The standard InChI is InChI=1S/C8H13NO2/c1-9-8(6(10)11)5-4-7(8)2-3-7/h9H,2-5H2,1H3,(H,10,11). The molecule has 3 nitrogen and oxygen atoms in total. The van der Waals surface area contributed by atoms with Crippen molar-refractivity contribution in [2.45, 2.75) is 31.2 Å². The van der Waals surface area contributed by atoms with Crippen LogP contribution in [-0.2, 0) is 4.79 Å². The van der Waals surface area contributed by atoms with Crippen LogP contribution >= 0.6 is 0 Å². The van der Waals surface area contributed by atoms with Gasteiger partial charge in [-0.3, -0.25) is 4.79 Å². The van der Waals surface area contributed by atoms with E-state index in [0.29, 0.717) is 0 Å². The van der Waals surface area contributed by atoms with Crippen molar-refractivity contribution in [2.24, 2.45) is 5.41 Å². The van der Waals surface area contributed by atoms with Crippen LogP contribution in [0.1, 0.15) is 25.7 Å². The lowest BCUT2D eigenvalue weighted by Crippen LogP contribution is -2.63. The number of likely N-dealkylation sites (N-methyl/N-ethyl adjacent to an activating group) is 1. The van der Waals surface area contributed by atoms with E-state index in [1.165, 1.54) is 0 Å². The van der Waals surface area contributed by atoms with Crippen molar-refractivity contribution in [3.8, 4) is 0 Å². The van der Waals surface area contributed by atoms with Gasteiger partial charge in [0, 0.05) is 0 Å². The van der Waals surface area contributed by atoms with Crippen LogP contribution in [0, 0.1) is 5.41 Å². The Kier molecular flexibility index (Phi) is 1.15. The summed E-state index contributed by atoms with van der Waals surface area (Å²) in [5, 5.41) is 12.0. The molecular weight excluding hydrogens is 142 g/mol. The van der Waals surface area contributed by atoms with Crippen molar-refractivity contribution in [3.63, 3.8) is 0 Å². The van der Waals surface area contributed by atoms with Crippen molar-refractivity contribution in [2.75, 3.05) is 7.05 Å². The second-order valence-corrected chi connectivity index (χ2v) is 3.74. The van der Waals surface area contributed by atoms with E-state index in [0.717, 1.165) is 25.7 Å². The van der Waals surface area contributed by atoms with Gasteiger partial charge in [0.1, 0.15) is 5.54 Å². The zero-order chi connectivity index (χ0) is 8.11. The normalized spacial score (nSPS) is 38.3. The zero-order valence-corrected chi connectivity index (χ0v) is 6.68. The summed E-state index contributed by atoms with van der Waals surface area (Å²) in [4.78, 5) is 10.9. The van der Waals surface area contributed by atoms with E-state index in [1.54, 1.807) is 7.05 Å². The lowest BCUT2D eigenvalue weighted by Gasteiger charge is -2.47. The van der Waals surface area contributed by atoms with Crippen LogP contribution in [0.15, 0.2) is 0 Å². The molecular formula is C8H13NO2. The smallest absolute Gasteiger partial charge is 0.324 e. The summed E-state index contributed by atoms with van der Waals surface area (Å²) >= 11 is 0. The molecule has 0 aromatic carbocycles. The lowest BCUT2D eigenvalue weighted by molar-refractivity contribution is -0.154. The maximum Gasteiger partial charge on any atom is 0.324 e. The average Bonchev–Trinajstić information content (AvgIpc) is 2.66. The summed E-state index contributed by atoms with van der Waals surface area (Å²) in [6.45, 7) is 0. The van der Waals surface area contributed by atoms with Gasteiger partial charge in [0.05, 0.1) is 0 Å². The quantitative estimate of drug-likeness (QED) is 0.614. The highest BCUT2D eigenvalue weighted by Gasteiger charge is 2.69. The van der Waals surface area contributed by atoms with Gasteiger partial charge < -0.3 is 10.4 Å². The maximum absolute atomic E-state index is 10.9. The molecule has 2 rings (SSSR count). The van der Waals surface area contributed by atoms with Crippen LogP contribution in [0.25, 0.3) is 0 Å². The van der Waals surface area contributed by atoms with Crippen LogP contribution in [0.3, 0.4) is 0 Å². The molecule has 0 saturated heterocycles. The number of carbonyl (C=O) groups is 1. The van der Waals surface area contributed by atoms with Crippen molar-refractivity contribution in [3.05, 3.63) is 0 Å². The summed E-state index contributed by atoms with van der Waals surface area (Å²) in [6, 6.07) is 0. The molecule has 2 aliphatic rings. The first-order chi connectivity index (χ1) is 5.17. The topological polar surface area (TPSA) is 49.3 Å². The summed E-state index contributed by atoms with van der Waals surface area (Å²) < 4.78 is 0. The molecule has 2 aliphatic carbocycles. The Morgan fingerprint density at radius 2 is 1.91 bits per heavy atom. The second-order valence-electron chi connectivity index (χ2n) is 3.74. The predicted octanol–water partition coefficient (Wildman–Crippen LogP) is 0.603. The number of carboxylic acid groups (broad SMARTS) is 1. The monoisotopic (exact) mass is 155 g/mol. The third-order valence-electron chi connectivity index (χ3n) is 3.53. The molecule has 0 bridgehead atoms. The Bertz CT molecular complexity index is 206. The Labute approximate surface area is 65.8 Å². The number of carboxylic acids is 1. The van der Waals surface area contributed by atoms with Crippen LogP contribution in [0.5, 0.6) is 0 Å². The Morgan fingerprint density at radius 3 is 2.00 bits per heavy atom. The Hall–Kier alpha value is -0.570. The number of hydrogen-bond acceptors (Lipinski definition) is 2. The number of rotatable bonds is 2. The van der Waals surface area contributed by atoms with E-state index >= 15 is 0 Å². The largest absolute Gasteiger partial charge is 0.480 e.